The maximum Gasteiger partial charge on any atom is 0.224 e. The summed E-state index contributed by atoms with van der Waals surface area (Å²) in [5.74, 6) is 1.34. The Labute approximate surface area is 68.6 Å². The molecule has 0 unspecified atom stereocenters. The van der Waals surface area contributed by atoms with E-state index in [0.717, 1.165) is 6.54 Å². The average Bonchev–Trinajstić information content (AvgIpc) is 2.04. The zero-order valence-corrected chi connectivity index (χ0v) is 6.43. The van der Waals surface area contributed by atoms with Gasteiger partial charge in [-0.3, -0.25) is 0 Å². The van der Waals surface area contributed by atoms with Gasteiger partial charge in [0, 0.05) is 0 Å². The molecule has 0 saturated carbocycles. The molecule has 11 heavy (non-hydrogen) atoms. The largest absolute Gasteiger partial charge is 0.486 e. The number of anilines is 1. The Morgan fingerprint density at radius 2 is 2.55 bits per heavy atom. The van der Waals surface area contributed by atoms with E-state index in [1.54, 1.807) is 6.20 Å². The highest BCUT2D eigenvalue weighted by Gasteiger charge is 2.10. The molecule has 5 heteroatoms. The number of ether oxygens (including phenoxy) is 1. The summed E-state index contributed by atoms with van der Waals surface area (Å²) in [6.45, 7) is 1.42. The van der Waals surface area contributed by atoms with Gasteiger partial charge in [-0.25, -0.2) is 4.98 Å². The van der Waals surface area contributed by atoms with Crippen molar-refractivity contribution in [1.29, 1.82) is 0 Å². The summed E-state index contributed by atoms with van der Waals surface area (Å²) in [5, 5.41) is 3.28. The van der Waals surface area contributed by atoms with Crippen LogP contribution in [0.15, 0.2) is 6.20 Å². The number of hydrogen-bond acceptors (Lipinski definition) is 4. The monoisotopic (exact) mass is 171 g/mol. The van der Waals surface area contributed by atoms with Crippen LogP contribution in [0.4, 0.5) is 5.82 Å². The molecule has 0 aromatic carbocycles. The lowest BCUT2D eigenvalue weighted by Gasteiger charge is -2.16. The van der Waals surface area contributed by atoms with Crippen LogP contribution >= 0.6 is 11.6 Å². The lowest BCUT2D eigenvalue weighted by atomic mass is 10.4. The minimum atomic E-state index is 0.238. The van der Waals surface area contributed by atoms with Crippen molar-refractivity contribution < 1.29 is 4.74 Å². The van der Waals surface area contributed by atoms with Gasteiger partial charge >= 0.3 is 0 Å². The van der Waals surface area contributed by atoms with Gasteiger partial charge < -0.3 is 10.1 Å². The second-order valence-electron chi connectivity index (χ2n) is 2.13. The number of nitrogens with zero attached hydrogens (tertiary/aromatic N) is 2. The topological polar surface area (TPSA) is 47.0 Å². The maximum atomic E-state index is 5.56. The minimum absolute atomic E-state index is 0.238. The van der Waals surface area contributed by atoms with Crippen molar-refractivity contribution in [3.05, 3.63) is 11.5 Å². The fourth-order valence-electron chi connectivity index (χ4n) is 0.912. The van der Waals surface area contributed by atoms with Gasteiger partial charge in [-0.05, 0) is 11.6 Å². The molecule has 0 aliphatic carbocycles. The maximum absolute atomic E-state index is 5.56. The SMILES string of the molecule is Clc1ncc2c(n1)NCCO2. The second-order valence-corrected chi connectivity index (χ2v) is 2.47. The summed E-state index contributed by atoms with van der Waals surface area (Å²) < 4.78 is 5.23. The van der Waals surface area contributed by atoms with Gasteiger partial charge in [0.25, 0.3) is 0 Å². The third-order valence-corrected chi connectivity index (χ3v) is 1.56. The van der Waals surface area contributed by atoms with Crippen LogP contribution in [0.25, 0.3) is 0 Å². The lowest BCUT2D eigenvalue weighted by Crippen LogP contribution is -2.19. The molecule has 1 N–H and O–H groups in total. The van der Waals surface area contributed by atoms with Crippen molar-refractivity contribution >= 4 is 17.4 Å². The molecule has 1 aromatic heterocycles. The Morgan fingerprint density at radius 1 is 1.64 bits per heavy atom. The molecule has 2 heterocycles. The standard InChI is InChI=1S/C6H6ClN3O/c7-6-9-3-4-5(10-6)8-1-2-11-4/h3H,1-2H2,(H,8,9,10). The van der Waals surface area contributed by atoms with Crippen LogP contribution in [0.2, 0.25) is 5.28 Å². The third kappa shape index (κ3) is 1.21. The van der Waals surface area contributed by atoms with E-state index in [9.17, 15) is 0 Å². The molecule has 1 aliphatic heterocycles. The van der Waals surface area contributed by atoms with E-state index in [2.05, 4.69) is 15.3 Å². The molecule has 1 aliphatic rings. The quantitative estimate of drug-likeness (QED) is 0.590. The van der Waals surface area contributed by atoms with E-state index in [1.807, 2.05) is 0 Å². The van der Waals surface area contributed by atoms with E-state index < -0.39 is 0 Å². The Morgan fingerprint density at radius 3 is 3.45 bits per heavy atom. The van der Waals surface area contributed by atoms with E-state index in [1.165, 1.54) is 0 Å². The van der Waals surface area contributed by atoms with Gasteiger partial charge in [-0.1, -0.05) is 0 Å². The molecule has 0 spiro atoms. The van der Waals surface area contributed by atoms with E-state index in [0.29, 0.717) is 18.2 Å². The predicted molar refractivity (Wildman–Crippen MR) is 41.0 cm³/mol. The van der Waals surface area contributed by atoms with Gasteiger partial charge in [0.05, 0.1) is 12.7 Å². The molecular weight excluding hydrogens is 166 g/mol. The van der Waals surface area contributed by atoms with Crippen molar-refractivity contribution in [2.75, 3.05) is 18.5 Å². The highest BCUT2D eigenvalue weighted by atomic mass is 35.5. The fraction of sp³-hybridized carbons (Fsp3) is 0.333. The molecule has 1 aromatic rings. The summed E-state index contributed by atoms with van der Waals surface area (Å²) in [5.41, 5.74) is 0. The number of halogens is 1. The molecule has 0 amide bonds. The van der Waals surface area contributed by atoms with Crippen LogP contribution in [0.1, 0.15) is 0 Å². The van der Waals surface area contributed by atoms with Crippen LogP contribution in [0.5, 0.6) is 5.75 Å². The molecule has 0 fully saturated rings. The molecule has 0 atom stereocenters. The highest BCUT2D eigenvalue weighted by Crippen LogP contribution is 2.24. The minimum Gasteiger partial charge on any atom is -0.486 e. The Bertz CT molecular complexity index is 279. The lowest BCUT2D eigenvalue weighted by molar-refractivity contribution is 0.320. The summed E-state index contributed by atoms with van der Waals surface area (Å²) in [7, 11) is 0. The first kappa shape index (κ1) is 6.67. The first-order chi connectivity index (χ1) is 5.36. The van der Waals surface area contributed by atoms with Crippen molar-refractivity contribution in [3.63, 3.8) is 0 Å². The van der Waals surface area contributed by atoms with Crippen molar-refractivity contribution in [2.24, 2.45) is 0 Å². The Balaban J connectivity index is 2.43. The molecule has 2 rings (SSSR count). The average molecular weight is 172 g/mol. The molecular formula is C6H6ClN3O. The summed E-state index contributed by atoms with van der Waals surface area (Å²) in [6.07, 6.45) is 1.57. The number of nitrogens with one attached hydrogen (secondary N) is 1. The van der Waals surface area contributed by atoms with Gasteiger partial charge in [0.2, 0.25) is 5.28 Å². The Kier molecular flexibility index (Phi) is 1.54. The molecule has 0 bridgehead atoms. The van der Waals surface area contributed by atoms with E-state index in [4.69, 9.17) is 16.3 Å². The smallest absolute Gasteiger partial charge is 0.224 e. The van der Waals surface area contributed by atoms with Crippen LogP contribution in [-0.4, -0.2) is 23.1 Å². The highest BCUT2D eigenvalue weighted by molar-refractivity contribution is 6.28. The molecule has 0 radical (unpaired) electrons. The van der Waals surface area contributed by atoms with Gasteiger partial charge in [0.15, 0.2) is 11.6 Å². The first-order valence-electron chi connectivity index (χ1n) is 3.25. The number of hydrogen-bond donors (Lipinski definition) is 1. The van der Waals surface area contributed by atoms with Crippen LogP contribution in [0.3, 0.4) is 0 Å². The summed E-state index contributed by atoms with van der Waals surface area (Å²) in [6, 6.07) is 0. The van der Waals surface area contributed by atoms with Crippen molar-refractivity contribution in [2.45, 2.75) is 0 Å². The first-order valence-corrected chi connectivity index (χ1v) is 3.63. The van der Waals surface area contributed by atoms with Crippen LogP contribution in [0, 0.1) is 0 Å². The number of rotatable bonds is 0. The normalized spacial score (nSPS) is 14.6. The number of fused-ring (bicyclic) bond motifs is 1. The van der Waals surface area contributed by atoms with Gasteiger partial charge in [-0.2, -0.15) is 4.98 Å². The number of aromatic nitrogens is 2. The van der Waals surface area contributed by atoms with E-state index >= 15 is 0 Å². The Hall–Kier alpha value is -1.03. The summed E-state index contributed by atoms with van der Waals surface area (Å²) >= 11 is 5.56. The van der Waals surface area contributed by atoms with Crippen LogP contribution in [-0.2, 0) is 0 Å². The van der Waals surface area contributed by atoms with Gasteiger partial charge in [0.1, 0.15) is 6.61 Å². The predicted octanol–water partition coefficient (Wildman–Crippen LogP) is 0.934. The molecule has 4 nitrogen and oxygen atoms in total. The van der Waals surface area contributed by atoms with E-state index in [-0.39, 0.29) is 5.28 Å². The van der Waals surface area contributed by atoms with Gasteiger partial charge in [-0.15, -0.1) is 0 Å². The fourth-order valence-corrected chi connectivity index (χ4v) is 1.05. The van der Waals surface area contributed by atoms with Crippen molar-refractivity contribution in [1.82, 2.24) is 9.97 Å². The second kappa shape index (κ2) is 2.54. The summed E-state index contributed by atoms with van der Waals surface area (Å²) in [4.78, 5) is 7.71. The zero-order valence-electron chi connectivity index (χ0n) is 5.67. The van der Waals surface area contributed by atoms with Crippen molar-refractivity contribution in [3.8, 4) is 5.75 Å². The van der Waals surface area contributed by atoms with Crippen LogP contribution < -0.4 is 10.1 Å². The third-order valence-electron chi connectivity index (χ3n) is 1.38. The zero-order chi connectivity index (χ0) is 7.68. The molecule has 0 saturated heterocycles. The molecule has 58 valence electrons.